The van der Waals surface area contributed by atoms with E-state index in [2.05, 4.69) is 43.4 Å². The molecule has 8 heteroatoms. The second-order valence-electron chi connectivity index (χ2n) is 8.07. The normalized spacial score (nSPS) is 11.3. The number of primary sulfonamides is 1. The summed E-state index contributed by atoms with van der Waals surface area (Å²) in [7, 11) is -2.25. The third-order valence-corrected chi connectivity index (χ3v) is 6.15. The number of methoxy groups -OCH3 is 1. The van der Waals surface area contributed by atoms with Crippen LogP contribution in [0.5, 0.6) is 5.75 Å². The standard InChI is InChI=1S/C25H29N3O4S/c1-18(2)20-9-7-19(8-10-20)16-28(22-11-13-23(32-3)14-12-22)17-25(29)27-21-5-4-6-24(15-21)33(26,30)31/h4-15,18H,16-17H2,1-3H3,(H,27,29)(H2,26,30,31). The summed E-state index contributed by atoms with van der Waals surface area (Å²) < 4.78 is 28.4. The Kier molecular flexibility index (Phi) is 7.73. The first-order chi connectivity index (χ1) is 15.7. The van der Waals surface area contributed by atoms with Crippen LogP contribution in [0.15, 0.2) is 77.7 Å². The summed E-state index contributed by atoms with van der Waals surface area (Å²) in [5.41, 5.74) is 3.54. The van der Waals surface area contributed by atoms with Gasteiger partial charge in [-0.3, -0.25) is 4.79 Å². The fraction of sp³-hybridized carbons (Fsp3) is 0.240. The number of sulfonamides is 1. The van der Waals surface area contributed by atoms with E-state index in [-0.39, 0.29) is 17.3 Å². The maximum Gasteiger partial charge on any atom is 0.243 e. The zero-order valence-electron chi connectivity index (χ0n) is 19.0. The molecule has 0 aliphatic carbocycles. The highest BCUT2D eigenvalue weighted by molar-refractivity contribution is 7.89. The molecular weight excluding hydrogens is 438 g/mol. The Bertz CT molecular complexity index is 1190. The molecule has 174 valence electrons. The van der Waals surface area contributed by atoms with E-state index in [1.54, 1.807) is 13.2 Å². The molecule has 3 aromatic carbocycles. The van der Waals surface area contributed by atoms with Crippen molar-refractivity contribution in [2.75, 3.05) is 23.9 Å². The van der Waals surface area contributed by atoms with Crippen molar-refractivity contribution in [1.29, 1.82) is 0 Å². The molecule has 0 atom stereocenters. The maximum absolute atomic E-state index is 12.9. The molecule has 0 heterocycles. The van der Waals surface area contributed by atoms with Crippen molar-refractivity contribution in [2.24, 2.45) is 5.14 Å². The molecule has 0 saturated carbocycles. The first-order valence-corrected chi connectivity index (χ1v) is 12.1. The summed E-state index contributed by atoms with van der Waals surface area (Å²) in [6.07, 6.45) is 0. The molecule has 3 aromatic rings. The van der Waals surface area contributed by atoms with Crippen LogP contribution in [0, 0.1) is 0 Å². The van der Waals surface area contributed by atoms with E-state index in [0.717, 1.165) is 17.0 Å². The molecule has 0 radical (unpaired) electrons. The highest BCUT2D eigenvalue weighted by Gasteiger charge is 2.15. The second-order valence-corrected chi connectivity index (χ2v) is 9.63. The number of amides is 1. The second kappa shape index (κ2) is 10.5. The Morgan fingerprint density at radius 3 is 2.27 bits per heavy atom. The lowest BCUT2D eigenvalue weighted by atomic mass is 10.0. The van der Waals surface area contributed by atoms with Crippen LogP contribution in [-0.4, -0.2) is 28.0 Å². The Balaban J connectivity index is 1.80. The minimum absolute atomic E-state index is 0.0578. The van der Waals surface area contributed by atoms with Gasteiger partial charge in [-0.05, 0) is 59.5 Å². The third-order valence-electron chi connectivity index (χ3n) is 5.24. The summed E-state index contributed by atoms with van der Waals surface area (Å²) in [5.74, 6) is 0.885. The lowest BCUT2D eigenvalue weighted by molar-refractivity contribution is -0.115. The van der Waals surface area contributed by atoms with Gasteiger partial charge in [-0.2, -0.15) is 0 Å². The van der Waals surface area contributed by atoms with Gasteiger partial charge < -0.3 is 15.0 Å². The minimum atomic E-state index is -3.86. The number of nitrogens with one attached hydrogen (secondary N) is 1. The Morgan fingerprint density at radius 2 is 1.70 bits per heavy atom. The van der Waals surface area contributed by atoms with Crippen molar-refractivity contribution >= 4 is 27.3 Å². The summed E-state index contributed by atoms with van der Waals surface area (Å²) in [5, 5.41) is 7.95. The summed E-state index contributed by atoms with van der Waals surface area (Å²) in [6.45, 7) is 4.88. The fourth-order valence-electron chi connectivity index (χ4n) is 3.38. The Labute approximate surface area is 195 Å². The number of hydrogen-bond acceptors (Lipinski definition) is 5. The number of hydrogen-bond donors (Lipinski definition) is 2. The summed E-state index contributed by atoms with van der Waals surface area (Å²) in [6, 6.07) is 21.7. The maximum atomic E-state index is 12.9. The van der Waals surface area contributed by atoms with Gasteiger partial charge >= 0.3 is 0 Å². The Hall–Kier alpha value is -3.36. The van der Waals surface area contributed by atoms with E-state index in [0.29, 0.717) is 18.2 Å². The summed E-state index contributed by atoms with van der Waals surface area (Å²) >= 11 is 0. The molecule has 33 heavy (non-hydrogen) atoms. The first-order valence-electron chi connectivity index (χ1n) is 10.6. The van der Waals surface area contributed by atoms with Crippen molar-refractivity contribution in [2.45, 2.75) is 31.2 Å². The van der Waals surface area contributed by atoms with Gasteiger partial charge in [0.1, 0.15) is 5.75 Å². The van der Waals surface area contributed by atoms with Crippen LogP contribution < -0.4 is 20.1 Å². The molecule has 0 aromatic heterocycles. The van der Waals surface area contributed by atoms with Crippen molar-refractivity contribution in [3.05, 3.63) is 83.9 Å². The van der Waals surface area contributed by atoms with Crippen molar-refractivity contribution in [3.63, 3.8) is 0 Å². The Morgan fingerprint density at radius 1 is 1.03 bits per heavy atom. The number of nitrogens with two attached hydrogens (primary N) is 1. The van der Waals surface area contributed by atoms with Crippen LogP contribution in [0.2, 0.25) is 0 Å². The molecule has 3 rings (SSSR count). The lowest BCUT2D eigenvalue weighted by Gasteiger charge is -2.25. The van der Waals surface area contributed by atoms with Crippen LogP contribution in [0.4, 0.5) is 11.4 Å². The van der Waals surface area contributed by atoms with E-state index in [1.165, 1.54) is 23.8 Å². The van der Waals surface area contributed by atoms with Gasteiger partial charge in [0.2, 0.25) is 15.9 Å². The largest absolute Gasteiger partial charge is 0.497 e. The minimum Gasteiger partial charge on any atom is -0.497 e. The number of ether oxygens (including phenoxy) is 1. The molecule has 0 aliphatic heterocycles. The number of nitrogens with zero attached hydrogens (tertiary/aromatic N) is 1. The molecular formula is C25H29N3O4S. The van der Waals surface area contributed by atoms with E-state index < -0.39 is 10.0 Å². The van der Waals surface area contributed by atoms with Crippen molar-refractivity contribution in [1.82, 2.24) is 0 Å². The molecule has 7 nitrogen and oxygen atoms in total. The fourth-order valence-corrected chi connectivity index (χ4v) is 3.94. The average Bonchev–Trinajstić information content (AvgIpc) is 2.78. The van der Waals surface area contributed by atoms with E-state index in [1.807, 2.05) is 29.2 Å². The average molecular weight is 468 g/mol. The molecule has 0 spiro atoms. The lowest BCUT2D eigenvalue weighted by Crippen LogP contribution is -2.33. The van der Waals surface area contributed by atoms with Crippen molar-refractivity contribution < 1.29 is 17.9 Å². The monoisotopic (exact) mass is 467 g/mol. The topological polar surface area (TPSA) is 102 Å². The van der Waals surface area contributed by atoms with Crippen LogP contribution in [-0.2, 0) is 21.4 Å². The molecule has 3 N–H and O–H groups in total. The van der Waals surface area contributed by atoms with Gasteiger partial charge in [-0.25, -0.2) is 13.6 Å². The third kappa shape index (κ3) is 6.81. The van der Waals surface area contributed by atoms with Crippen LogP contribution in [0.3, 0.4) is 0 Å². The van der Waals surface area contributed by atoms with Gasteiger partial charge in [0.05, 0.1) is 18.6 Å². The molecule has 0 aliphatic rings. The molecule has 0 saturated heterocycles. The quantitative estimate of drug-likeness (QED) is 0.493. The van der Waals surface area contributed by atoms with Gasteiger partial charge in [0.15, 0.2) is 0 Å². The van der Waals surface area contributed by atoms with E-state index in [4.69, 9.17) is 9.88 Å². The number of carbonyl (C=O) groups excluding carboxylic acids is 1. The van der Waals surface area contributed by atoms with E-state index in [9.17, 15) is 13.2 Å². The van der Waals surface area contributed by atoms with Gasteiger partial charge in [-0.15, -0.1) is 0 Å². The van der Waals surface area contributed by atoms with Crippen LogP contribution in [0.1, 0.15) is 30.9 Å². The van der Waals surface area contributed by atoms with Gasteiger partial charge in [0, 0.05) is 17.9 Å². The zero-order chi connectivity index (χ0) is 24.0. The van der Waals surface area contributed by atoms with E-state index >= 15 is 0 Å². The summed E-state index contributed by atoms with van der Waals surface area (Å²) in [4.78, 5) is 14.7. The van der Waals surface area contributed by atoms with Crippen LogP contribution >= 0.6 is 0 Å². The molecule has 0 unspecified atom stereocenters. The number of carbonyl (C=O) groups is 1. The predicted octanol–water partition coefficient (Wildman–Crippen LogP) is 4.11. The predicted molar refractivity (Wildman–Crippen MR) is 131 cm³/mol. The number of rotatable bonds is 9. The zero-order valence-corrected chi connectivity index (χ0v) is 19.8. The van der Waals surface area contributed by atoms with Gasteiger partial charge in [-0.1, -0.05) is 44.2 Å². The van der Waals surface area contributed by atoms with Gasteiger partial charge in [0.25, 0.3) is 0 Å². The highest BCUT2D eigenvalue weighted by Crippen LogP contribution is 2.23. The smallest absolute Gasteiger partial charge is 0.243 e. The highest BCUT2D eigenvalue weighted by atomic mass is 32.2. The molecule has 0 bridgehead atoms. The first kappa shape index (κ1) is 24.3. The molecule has 0 fully saturated rings. The van der Waals surface area contributed by atoms with Crippen molar-refractivity contribution in [3.8, 4) is 5.75 Å². The van der Waals surface area contributed by atoms with Crippen LogP contribution in [0.25, 0.3) is 0 Å². The molecule has 1 amide bonds. The number of benzene rings is 3. The SMILES string of the molecule is COc1ccc(N(CC(=O)Nc2cccc(S(N)(=O)=O)c2)Cc2ccc(C(C)C)cc2)cc1. The number of anilines is 2.